The zero-order valence-corrected chi connectivity index (χ0v) is 15.8. The van der Waals surface area contributed by atoms with Crippen LogP contribution in [-0.2, 0) is 6.54 Å². The van der Waals surface area contributed by atoms with E-state index in [9.17, 15) is 9.59 Å². The number of nitrogens with one attached hydrogen (secondary N) is 1. The Labute approximate surface area is 159 Å². The molecule has 1 amide bonds. The van der Waals surface area contributed by atoms with Gasteiger partial charge >= 0.3 is 0 Å². The van der Waals surface area contributed by atoms with Gasteiger partial charge in [0.05, 0.1) is 12.2 Å². The minimum absolute atomic E-state index is 0.188. The highest BCUT2D eigenvalue weighted by molar-refractivity contribution is 7.20. The maximum Gasteiger partial charge on any atom is 0.274 e. The number of aromatic nitrogens is 4. The maximum absolute atomic E-state index is 12.6. The molecule has 8 nitrogen and oxygen atoms in total. The Hall–Kier alpha value is -2.81. The number of hydrogen-bond acceptors (Lipinski definition) is 7. The highest BCUT2D eigenvalue weighted by atomic mass is 32.1. The normalized spacial score (nSPS) is 17.2. The minimum Gasteiger partial charge on any atom is -0.346 e. The lowest BCUT2D eigenvalue weighted by Gasteiger charge is -2.30. The first kappa shape index (κ1) is 17.6. The molecule has 27 heavy (non-hydrogen) atoms. The fourth-order valence-electron chi connectivity index (χ4n) is 3.22. The number of carbonyl (C=O) groups is 1. The summed E-state index contributed by atoms with van der Waals surface area (Å²) in [5.41, 5.74) is 0.485. The van der Waals surface area contributed by atoms with Gasteiger partial charge < -0.3 is 10.2 Å². The molecule has 0 bridgehead atoms. The molecule has 9 heteroatoms. The van der Waals surface area contributed by atoms with Gasteiger partial charge in [-0.25, -0.2) is 0 Å². The standard InChI is InChI=1S/C18H20N6O2S/c1-12-5-4-8-23(11-12)18-22-24-14(9-15(25)21-17(24)27-18)16(26)20-10-13-6-2-3-7-19-13/h2-3,6-7,9,12H,4-5,8,10-11H2,1H3,(H,20,26)/t12-/m1/s1. The van der Waals surface area contributed by atoms with Crippen LogP contribution < -0.4 is 15.8 Å². The molecule has 0 saturated carbocycles. The molecule has 1 N–H and O–H groups in total. The monoisotopic (exact) mass is 384 g/mol. The molecule has 140 valence electrons. The Kier molecular flexibility index (Phi) is 4.85. The SMILES string of the molecule is C[C@@H]1CCCN(c2nn3c(C(=O)NCc4ccccn4)cc(=O)nc3s2)C1. The van der Waals surface area contributed by atoms with Crippen molar-refractivity contribution in [1.82, 2.24) is 24.9 Å². The molecule has 1 aliphatic rings. The molecular weight excluding hydrogens is 364 g/mol. The molecular formula is C18H20N6O2S. The summed E-state index contributed by atoms with van der Waals surface area (Å²) in [6.07, 6.45) is 3.99. The van der Waals surface area contributed by atoms with Crippen LogP contribution in [0.5, 0.6) is 0 Å². The van der Waals surface area contributed by atoms with Crippen LogP contribution in [0.1, 0.15) is 35.9 Å². The largest absolute Gasteiger partial charge is 0.346 e. The van der Waals surface area contributed by atoms with Crippen molar-refractivity contribution < 1.29 is 4.79 Å². The number of amides is 1. The van der Waals surface area contributed by atoms with E-state index in [2.05, 4.69) is 32.2 Å². The second-order valence-corrected chi connectivity index (χ2v) is 7.69. The number of nitrogens with zero attached hydrogens (tertiary/aromatic N) is 5. The number of carbonyl (C=O) groups excluding carboxylic acids is 1. The van der Waals surface area contributed by atoms with Crippen molar-refractivity contribution in [3.05, 3.63) is 52.2 Å². The quantitative estimate of drug-likeness (QED) is 0.736. The Morgan fingerprint density at radius 1 is 1.41 bits per heavy atom. The lowest BCUT2D eigenvalue weighted by atomic mass is 10.0. The van der Waals surface area contributed by atoms with Gasteiger partial charge in [-0.1, -0.05) is 24.3 Å². The molecule has 3 aromatic heterocycles. The van der Waals surface area contributed by atoms with Crippen molar-refractivity contribution in [2.75, 3.05) is 18.0 Å². The Morgan fingerprint density at radius 3 is 3.07 bits per heavy atom. The molecule has 1 saturated heterocycles. The second kappa shape index (κ2) is 7.43. The Bertz CT molecular complexity index is 1020. The lowest BCUT2D eigenvalue weighted by Crippen LogP contribution is -2.34. The van der Waals surface area contributed by atoms with Gasteiger partial charge in [0, 0.05) is 25.4 Å². The highest BCUT2D eigenvalue weighted by Gasteiger charge is 2.22. The first-order valence-electron chi connectivity index (χ1n) is 8.94. The van der Waals surface area contributed by atoms with Crippen molar-refractivity contribution in [3.8, 4) is 0 Å². The van der Waals surface area contributed by atoms with E-state index < -0.39 is 5.56 Å². The summed E-state index contributed by atoms with van der Waals surface area (Å²) in [4.78, 5) is 35.4. The third kappa shape index (κ3) is 3.82. The van der Waals surface area contributed by atoms with E-state index in [1.165, 1.54) is 28.3 Å². The zero-order chi connectivity index (χ0) is 18.8. The van der Waals surface area contributed by atoms with Crippen molar-refractivity contribution in [3.63, 3.8) is 0 Å². The third-order valence-electron chi connectivity index (χ3n) is 4.56. The number of rotatable bonds is 4. The van der Waals surface area contributed by atoms with E-state index in [0.29, 0.717) is 10.9 Å². The second-order valence-electron chi connectivity index (χ2n) is 6.76. The van der Waals surface area contributed by atoms with Crippen LogP contribution >= 0.6 is 11.3 Å². The van der Waals surface area contributed by atoms with Crippen molar-refractivity contribution in [2.45, 2.75) is 26.3 Å². The van der Waals surface area contributed by atoms with Crippen LogP contribution in [0, 0.1) is 5.92 Å². The van der Waals surface area contributed by atoms with Crippen LogP contribution in [0.3, 0.4) is 0 Å². The Morgan fingerprint density at radius 2 is 2.30 bits per heavy atom. The van der Waals surface area contributed by atoms with Gasteiger partial charge in [0.15, 0.2) is 0 Å². The summed E-state index contributed by atoms with van der Waals surface area (Å²) in [6, 6.07) is 6.72. The van der Waals surface area contributed by atoms with Gasteiger partial charge in [0.2, 0.25) is 10.1 Å². The molecule has 4 rings (SSSR count). The van der Waals surface area contributed by atoms with E-state index in [0.717, 1.165) is 30.3 Å². The average molecular weight is 384 g/mol. The smallest absolute Gasteiger partial charge is 0.274 e. The molecule has 4 heterocycles. The molecule has 0 radical (unpaired) electrons. The fraction of sp³-hybridized carbons (Fsp3) is 0.389. The molecule has 1 fully saturated rings. The van der Waals surface area contributed by atoms with Crippen LogP contribution in [-0.4, -0.2) is 38.6 Å². The molecule has 1 aliphatic heterocycles. The zero-order valence-electron chi connectivity index (χ0n) is 15.0. The summed E-state index contributed by atoms with van der Waals surface area (Å²) in [5.74, 6) is 0.221. The van der Waals surface area contributed by atoms with E-state index in [1.54, 1.807) is 6.20 Å². The van der Waals surface area contributed by atoms with Crippen molar-refractivity contribution in [1.29, 1.82) is 0 Å². The van der Waals surface area contributed by atoms with Crippen LogP contribution in [0.4, 0.5) is 5.13 Å². The van der Waals surface area contributed by atoms with Crippen molar-refractivity contribution >= 4 is 27.3 Å². The van der Waals surface area contributed by atoms with Gasteiger partial charge in [-0.15, -0.1) is 5.10 Å². The topological polar surface area (TPSA) is 92.5 Å². The average Bonchev–Trinajstić information content (AvgIpc) is 3.10. The summed E-state index contributed by atoms with van der Waals surface area (Å²) in [5, 5.41) is 8.15. The Balaban J connectivity index is 1.61. The first-order valence-corrected chi connectivity index (χ1v) is 9.76. The van der Waals surface area contributed by atoms with Gasteiger partial charge in [-0.2, -0.15) is 9.50 Å². The number of hydrogen-bond donors (Lipinski definition) is 1. The predicted molar refractivity (Wildman–Crippen MR) is 103 cm³/mol. The van der Waals surface area contributed by atoms with E-state index >= 15 is 0 Å². The van der Waals surface area contributed by atoms with E-state index in [4.69, 9.17) is 0 Å². The number of piperidine rings is 1. The van der Waals surface area contributed by atoms with Crippen molar-refractivity contribution in [2.24, 2.45) is 5.92 Å². The molecule has 0 aliphatic carbocycles. The maximum atomic E-state index is 12.6. The molecule has 1 atom stereocenters. The van der Waals surface area contributed by atoms with Gasteiger partial charge in [-0.05, 0) is 30.9 Å². The lowest BCUT2D eigenvalue weighted by molar-refractivity contribution is 0.0942. The van der Waals surface area contributed by atoms with Crippen LogP contribution in [0.25, 0.3) is 4.96 Å². The van der Waals surface area contributed by atoms with Crippen LogP contribution in [0.2, 0.25) is 0 Å². The van der Waals surface area contributed by atoms with E-state index in [1.807, 2.05) is 18.2 Å². The number of anilines is 1. The highest BCUT2D eigenvalue weighted by Crippen LogP contribution is 2.27. The molecule has 0 aromatic carbocycles. The number of fused-ring (bicyclic) bond motifs is 1. The summed E-state index contributed by atoms with van der Waals surface area (Å²) >= 11 is 1.34. The molecule has 3 aromatic rings. The van der Waals surface area contributed by atoms with Gasteiger partial charge in [0.1, 0.15) is 5.69 Å². The first-order chi connectivity index (χ1) is 13.1. The van der Waals surface area contributed by atoms with Crippen LogP contribution in [0.15, 0.2) is 35.3 Å². The summed E-state index contributed by atoms with van der Waals surface area (Å²) in [6.45, 7) is 4.35. The van der Waals surface area contributed by atoms with Gasteiger partial charge in [-0.3, -0.25) is 14.6 Å². The molecule has 0 spiro atoms. The summed E-state index contributed by atoms with van der Waals surface area (Å²) in [7, 11) is 0. The van der Waals surface area contributed by atoms with E-state index in [-0.39, 0.29) is 18.1 Å². The number of pyridine rings is 1. The minimum atomic E-state index is -0.444. The van der Waals surface area contributed by atoms with Gasteiger partial charge in [0.25, 0.3) is 11.5 Å². The fourth-order valence-corrected chi connectivity index (χ4v) is 4.16. The third-order valence-corrected chi connectivity index (χ3v) is 5.53. The molecule has 0 unspecified atom stereocenters. The predicted octanol–water partition coefficient (Wildman–Crippen LogP) is 1.71. The summed E-state index contributed by atoms with van der Waals surface area (Å²) < 4.78 is 1.47.